The Morgan fingerprint density at radius 3 is 2.42 bits per heavy atom. The van der Waals surface area contributed by atoms with Crippen molar-refractivity contribution < 1.29 is 4.79 Å². The molecule has 0 bridgehead atoms. The zero-order valence-electron chi connectivity index (χ0n) is 15.8. The van der Waals surface area contributed by atoms with Crippen molar-refractivity contribution in [2.24, 2.45) is 0 Å². The van der Waals surface area contributed by atoms with E-state index in [1.807, 2.05) is 13.0 Å². The number of nitrogens with one attached hydrogen (secondary N) is 1. The largest absolute Gasteiger partial charge is 0.368 e. The number of anilines is 2. The Kier molecular flexibility index (Phi) is 5.71. The van der Waals surface area contributed by atoms with E-state index in [2.05, 4.69) is 57.4 Å². The molecule has 1 aliphatic heterocycles. The van der Waals surface area contributed by atoms with Crippen LogP contribution in [0.1, 0.15) is 35.0 Å². The highest BCUT2D eigenvalue weighted by Crippen LogP contribution is 2.24. The lowest BCUT2D eigenvalue weighted by Crippen LogP contribution is -2.47. The minimum absolute atomic E-state index is 0.161. The molecule has 1 aromatic heterocycles. The number of rotatable bonds is 5. The van der Waals surface area contributed by atoms with Gasteiger partial charge in [0, 0.05) is 38.4 Å². The highest BCUT2D eigenvalue weighted by Gasteiger charge is 2.20. The Labute approximate surface area is 155 Å². The summed E-state index contributed by atoms with van der Waals surface area (Å²) < 4.78 is 0. The van der Waals surface area contributed by atoms with Gasteiger partial charge in [0.2, 0.25) is 0 Å². The van der Waals surface area contributed by atoms with E-state index < -0.39 is 0 Å². The molecule has 138 valence electrons. The fraction of sp³-hybridized carbons (Fsp3) is 0.450. The van der Waals surface area contributed by atoms with Crippen molar-refractivity contribution in [3.05, 3.63) is 47.2 Å². The van der Waals surface area contributed by atoms with Gasteiger partial charge in [0.1, 0.15) is 0 Å². The van der Waals surface area contributed by atoms with Crippen LogP contribution in [0.3, 0.4) is 0 Å². The first kappa shape index (κ1) is 18.2. The molecule has 2 heterocycles. The zero-order chi connectivity index (χ0) is 18.5. The first-order valence-electron chi connectivity index (χ1n) is 9.28. The number of carbonyl (C=O) groups excluding carboxylic acids is 1. The van der Waals surface area contributed by atoms with Crippen LogP contribution in [0.25, 0.3) is 0 Å². The molecule has 0 aliphatic carbocycles. The van der Waals surface area contributed by atoms with E-state index in [0.717, 1.165) is 38.4 Å². The first-order chi connectivity index (χ1) is 12.6. The molecule has 1 aliphatic rings. The molecule has 6 heteroatoms. The number of nitrogens with zero attached hydrogens (tertiary/aromatic N) is 4. The second-order valence-corrected chi connectivity index (χ2v) is 6.73. The predicted molar refractivity (Wildman–Crippen MR) is 105 cm³/mol. The normalized spacial score (nSPS) is 14.4. The van der Waals surface area contributed by atoms with Crippen LogP contribution in [0.2, 0.25) is 0 Å². The SMILES string of the molecule is CCCNC(=O)c1ccc(N2CCN(c3cccc(C)c3C)CC2)nn1. The molecule has 1 aromatic carbocycles. The maximum absolute atomic E-state index is 11.9. The molecule has 1 saturated heterocycles. The number of hydrogen-bond donors (Lipinski definition) is 1. The first-order valence-corrected chi connectivity index (χ1v) is 9.28. The third-order valence-electron chi connectivity index (χ3n) is 4.94. The zero-order valence-corrected chi connectivity index (χ0v) is 15.8. The van der Waals surface area contributed by atoms with Crippen LogP contribution >= 0.6 is 0 Å². The van der Waals surface area contributed by atoms with Crippen molar-refractivity contribution in [1.82, 2.24) is 15.5 Å². The van der Waals surface area contributed by atoms with Gasteiger partial charge >= 0.3 is 0 Å². The summed E-state index contributed by atoms with van der Waals surface area (Å²) in [5.41, 5.74) is 4.37. The van der Waals surface area contributed by atoms with Crippen molar-refractivity contribution in [3.8, 4) is 0 Å². The average Bonchev–Trinajstić information content (AvgIpc) is 2.68. The third-order valence-corrected chi connectivity index (χ3v) is 4.94. The van der Waals surface area contributed by atoms with Gasteiger partial charge in [-0.2, -0.15) is 0 Å². The quantitative estimate of drug-likeness (QED) is 0.895. The van der Waals surface area contributed by atoms with E-state index in [-0.39, 0.29) is 5.91 Å². The molecule has 1 fully saturated rings. The number of amides is 1. The van der Waals surface area contributed by atoms with Crippen LogP contribution in [-0.2, 0) is 0 Å². The third kappa shape index (κ3) is 3.95. The maximum Gasteiger partial charge on any atom is 0.271 e. The molecule has 0 spiro atoms. The van der Waals surface area contributed by atoms with E-state index >= 15 is 0 Å². The molecule has 0 saturated carbocycles. The maximum atomic E-state index is 11.9. The second-order valence-electron chi connectivity index (χ2n) is 6.73. The van der Waals surface area contributed by atoms with Gasteiger partial charge in [-0.05, 0) is 49.6 Å². The van der Waals surface area contributed by atoms with Crippen LogP contribution in [-0.4, -0.2) is 48.8 Å². The highest BCUT2D eigenvalue weighted by molar-refractivity contribution is 5.92. The highest BCUT2D eigenvalue weighted by atomic mass is 16.1. The average molecular weight is 353 g/mol. The van der Waals surface area contributed by atoms with E-state index in [1.54, 1.807) is 6.07 Å². The number of benzene rings is 1. The fourth-order valence-corrected chi connectivity index (χ4v) is 3.20. The van der Waals surface area contributed by atoms with Gasteiger partial charge in [-0.15, -0.1) is 10.2 Å². The molecular formula is C20H27N5O. The number of carbonyl (C=O) groups is 1. The van der Waals surface area contributed by atoms with Crippen LogP contribution in [0.5, 0.6) is 0 Å². The Bertz CT molecular complexity index is 751. The van der Waals surface area contributed by atoms with Gasteiger partial charge in [-0.3, -0.25) is 4.79 Å². The smallest absolute Gasteiger partial charge is 0.271 e. The monoisotopic (exact) mass is 353 g/mol. The molecule has 1 amide bonds. The minimum atomic E-state index is -0.161. The molecule has 1 N–H and O–H groups in total. The van der Waals surface area contributed by atoms with Crippen molar-refractivity contribution in [2.75, 3.05) is 42.5 Å². The molecule has 2 aromatic rings. The molecule has 0 radical (unpaired) electrons. The van der Waals surface area contributed by atoms with Gasteiger partial charge in [-0.25, -0.2) is 0 Å². The van der Waals surface area contributed by atoms with E-state index in [0.29, 0.717) is 12.2 Å². The second kappa shape index (κ2) is 8.17. The van der Waals surface area contributed by atoms with E-state index in [4.69, 9.17) is 0 Å². The van der Waals surface area contributed by atoms with Crippen LogP contribution in [0.4, 0.5) is 11.5 Å². The van der Waals surface area contributed by atoms with Crippen LogP contribution in [0.15, 0.2) is 30.3 Å². The number of aryl methyl sites for hydroxylation is 1. The Balaban J connectivity index is 1.61. The van der Waals surface area contributed by atoms with Crippen molar-refractivity contribution in [3.63, 3.8) is 0 Å². The standard InChI is InChI=1S/C20H27N5O/c1-4-10-21-20(26)17-8-9-19(23-22-17)25-13-11-24(12-14-25)18-7-5-6-15(2)16(18)3/h5-9H,4,10-14H2,1-3H3,(H,21,26). The number of piperazine rings is 1. The predicted octanol–water partition coefficient (Wildman–Crippen LogP) is 2.56. The summed E-state index contributed by atoms with van der Waals surface area (Å²) >= 11 is 0. The summed E-state index contributed by atoms with van der Waals surface area (Å²) in [6, 6.07) is 10.1. The molecule has 6 nitrogen and oxygen atoms in total. The summed E-state index contributed by atoms with van der Waals surface area (Å²) in [4.78, 5) is 16.6. The molecule has 26 heavy (non-hydrogen) atoms. The van der Waals surface area contributed by atoms with Gasteiger partial charge in [0.05, 0.1) is 0 Å². The van der Waals surface area contributed by atoms with E-state index in [9.17, 15) is 4.79 Å². The fourth-order valence-electron chi connectivity index (χ4n) is 3.20. The Morgan fingerprint density at radius 1 is 1.04 bits per heavy atom. The van der Waals surface area contributed by atoms with Gasteiger partial charge in [0.15, 0.2) is 11.5 Å². The van der Waals surface area contributed by atoms with Gasteiger partial charge in [0.25, 0.3) is 5.91 Å². The van der Waals surface area contributed by atoms with Crippen molar-refractivity contribution >= 4 is 17.4 Å². The Morgan fingerprint density at radius 2 is 1.77 bits per heavy atom. The van der Waals surface area contributed by atoms with E-state index in [1.165, 1.54) is 16.8 Å². The van der Waals surface area contributed by atoms with Crippen molar-refractivity contribution in [1.29, 1.82) is 0 Å². The molecule has 3 rings (SSSR count). The lowest BCUT2D eigenvalue weighted by atomic mass is 10.1. The lowest BCUT2D eigenvalue weighted by molar-refractivity contribution is 0.0947. The minimum Gasteiger partial charge on any atom is -0.368 e. The molecule has 0 unspecified atom stereocenters. The summed E-state index contributed by atoms with van der Waals surface area (Å²) in [6.45, 7) is 10.7. The summed E-state index contributed by atoms with van der Waals surface area (Å²) in [5, 5.41) is 11.2. The lowest BCUT2D eigenvalue weighted by Gasteiger charge is -2.37. The van der Waals surface area contributed by atoms with Gasteiger partial charge < -0.3 is 15.1 Å². The number of aromatic nitrogens is 2. The van der Waals surface area contributed by atoms with Gasteiger partial charge in [-0.1, -0.05) is 19.1 Å². The summed E-state index contributed by atoms with van der Waals surface area (Å²) in [7, 11) is 0. The topological polar surface area (TPSA) is 61.4 Å². The number of hydrogen-bond acceptors (Lipinski definition) is 5. The van der Waals surface area contributed by atoms with Crippen LogP contribution in [0, 0.1) is 13.8 Å². The molecular weight excluding hydrogens is 326 g/mol. The summed E-state index contributed by atoms with van der Waals surface area (Å²) in [5.74, 6) is 0.670. The molecule has 0 atom stereocenters. The van der Waals surface area contributed by atoms with Crippen LogP contribution < -0.4 is 15.1 Å². The summed E-state index contributed by atoms with van der Waals surface area (Å²) in [6.07, 6.45) is 0.905. The van der Waals surface area contributed by atoms with Crippen molar-refractivity contribution in [2.45, 2.75) is 27.2 Å². The Hall–Kier alpha value is -2.63.